The van der Waals surface area contributed by atoms with Crippen LogP contribution in [0.4, 0.5) is 11.4 Å². The zero-order valence-electron chi connectivity index (χ0n) is 12.6. The Morgan fingerprint density at radius 2 is 1.12 bits per heavy atom. The summed E-state index contributed by atoms with van der Waals surface area (Å²) >= 11 is 0. The van der Waals surface area contributed by atoms with E-state index in [2.05, 4.69) is 8.37 Å². The quantitative estimate of drug-likeness (QED) is 0.511. The Labute approximate surface area is 142 Å². The third-order valence-corrected chi connectivity index (χ3v) is 3.91. The fraction of sp³-hybridized carbons (Fsp3) is 0.143. The third kappa shape index (κ3) is 5.04. The van der Waals surface area contributed by atoms with Crippen molar-refractivity contribution >= 4 is 21.8 Å². The van der Waals surface area contributed by atoms with Gasteiger partial charge in [0.1, 0.15) is 13.2 Å². The Hall–Kier alpha value is -2.89. The van der Waals surface area contributed by atoms with E-state index in [1.807, 2.05) is 0 Å². The second-order valence-electron chi connectivity index (χ2n) is 4.70. The fourth-order valence-corrected chi connectivity index (χ4v) is 2.54. The molecular formula is C14H12N2O8S. The molecule has 0 amide bonds. The molecule has 0 aliphatic carbocycles. The third-order valence-electron chi connectivity index (χ3n) is 3.09. The minimum atomic E-state index is -4.51. The van der Waals surface area contributed by atoms with Crippen LogP contribution in [-0.4, -0.2) is 18.3 Å². The highest BCUT2D eigenvalue weighted by atomic mass is 32.3. The number of benzene rings is 2. The van der Waals surface area contributed by atoms with Gasteiger partial charge in [-0.2, -0.15) is 8.42 Å². The molecule has 2 aromatic rings. The first-order valence-electron chi connectivity index (χ1n) is 6.78. The lowest BCUT2D eigenvalue weighted by Gasteiger charge is -2.07. The Balaban J connectivity index is 2.04. The number of nitro benzene ring substituents is 2. The Morgan fingerprint density at radius 3 is 1.48 bits per heavy atom. The molecule has 0 unspecified atom stereocenters. The molecule has 10 nitrogen and oxygen atoms in total. The van der Waals surface area contributed by atoms with E-state index in [1.54, 1.807) is 0 Å². The average molecular weight is 368 g/mol. The molecule has 11 heteroatoms. The van der Waals surface area contributed by atoms with Gasteiger partial charge in [0.05, 0.1) is 21.0 Å². The lowest BCUT2D eigenvalue weighted by atomic mass is 10.2. The van der Waals surface area contributed by atoms with Crippen molar-refractivity contribution < 1.29 is 26.6 Å². The molecule has 2 rings (SSSR count). The normalized spacial score (nSPS) is 11.2. The molecule has 2 aromatic carbocycles. The Bertz CT molecular complexity index is 830. The van der Waals surface area contributed by atoms with Gasteiger partial charge in [0.25, 0.3) is 11.4 Å². The van der Waals surface area contributed by atoms with E-state index in [-0.39, 0.29) is 22.5 Å². The second-order valence-corrected chi connectivity index (χ2v) is 5.99. The highest BCUT2D eigenvalue weighted by Crippen LogP contribution is 2.21. The highest BCUT2D eigenvalue weighted by Gasteiger charge is 2.20. The maximum atomic E-state index is 11.8. The van der Waals surface area contributed by atoms with Crippen LogP contribution in [0.5, 0.6) is 0 Å². The predicted octanol–water partition coefficient (Wildman–Crippen LogP) is 2.48. The summed E-state index contributed by atoms with van der Waals surface area (Å²) in [6.07, 6.45) is 0. The first kappa shape index (κ1) is 18.4. The molecule has 0 aromatic heterocycles. The smallest absolute Gasteiger partial charge is 0.258 e. The van der Waals surface area contributed by atoms with Crippen LogP contribution in [0.3, 0.4) is 0 Å². The van der Waals surface area contributed by atoms with Gasteiger partial charge in [-0.05, 0) is 12.1 Å². The first-order valence-corrected chi connectivity index (χ1v) is 8.12. The number of nitro groups is 2. The molecule has 25 heavy (non-hydrogen) atoms. The topological polar surface area (TPSA) is 139 Å². The van der Waals surface area contributed by atoms with Gasteiger partial charge in [0.15, 0.2) is 0 Å². The molecule has 0 fully saturated rings. The number of hydrogen-bond donors (Lipinski definition) is 0. The lowest BCUT2D eigenvalue weighted by Crippen LogP contribution is -2.11. The molecule has 0 atom stereocenters. The van der Waals surface area contributed by atoms with Crippen molar-refractivity contribution in [2.45, 2.75) is 13.2 Å². The van der Waals surface area contributed by atoms with Gasteiger partial charge in [0, 0.05) is 12.1 Å². The predicted molar refractivity (Wildman–Crippen MR) is 84.7 cm³/mol. The fourth-order valence-electron chi connectivity index (χ4n) is 1.93. The van der Waals surface area contributed by atoms with E-state index in [0.29, 0.717) is 0 Å². The molecule has 0 aliphatic rings. The summed E-state index contributed by atoms with van der Waals surface area (Å²) in [5.41, 5.74) is -0.497. The van der Waals surface area contributed by atoms with Gasteiger partial charge in [-0.15, -0.1) is 0 Å². The van der Waals surface area contributed by atoms with Crippen molar-refractivity contribution in [1.29, 1.82) is 0 Å². The maximum absolute atomic E-state index is 11.8. The van der Waals surface area contributed by atoms with Crippen LogP contribution in [-0.2, 0) is 32.0 Å². The number of hydrogen-bond acceptors (Lipinski definition) is 8. The highest BCUT2D eigenvalue weighted by molar-refractivity contribution is 7.81. The van der Waals surface area contributed by atoms with E-state index in [9.17, 15) is 28.6 Å². The van der Waals surface area contributed by atoms with Gasteiger partial charge in [-0.25, -0.2) is 8.37 Å². The lowest BCUT2D eigenvalue weighted by molar-refractivity contribution is -0.385. The van der Waals surface area contributed by atoms with E-state index in [4.69, 9.17) is 0 Å². The maximum Gasteiger partial charge on any atom is 0.400 e. The zero-order chi connectivity index (χ0) is 18.4. The van der Waals surface area contributed by atoms with E-state index in [0.717, 1.165) is 0 Å². The first-order chi connectivity index (χ1) is 11.8. The molecule has 0 spiro atoms. The SMILES string of the molecule is O=[N+]([O-])c1ccccc1COS(=O)(=O)OCc1ccccc1[N+](=O)[O-]. The molecular weight excluding hydrogens is 356 g/mol. The van der Waals surface area contributed by atoms with Crippen LogP contribution < -0.4 is 0 Å². The van der Waals surface area contributed by atoms with Gasteiger partial charge >= 0.3 is 10.4 Å². The molecule has 0 heterocycles. The summed E-state index contributed by atoms with van der Waals surface area (Å²) in [7, 11) is -4.51. The number of nitrogens with zero attached hydrogens (tertiary/aromatic N) is 2. The zero-order valence-corrected chi connectivity index (χ0v) is 13.4. The van der Waals surface area contributed by atoms with Crippen LogP contribution in [0.1, 0.15) is 11.1 Å². The van der Waals surface area contributed by atoms with E-state index in [1.165, 1.54) is 48.5 Å². The Kier molecular flexibility index (Phi) is 5.75. The van der Waals surface area contributed by atoms with Gasteiger partial charge in [-0.3, -0.25) is 20.2 Å². The molecule has 0 aliphatic heterocycles. The van der Waals surface area contributed by atoms with Crippen molar-refractivity contribution in [3.63, 3.8) is 0 Å². The van der Waals surface area contributed by atoms with Crippen molar-refractivity contribution in [2.75, 3.05) is 0 Å². The average Bonchev–Trinajstić information content (AvgIpc) is 2.58. The summed E-state index contributed by atoms with van der Waals surface area (Å²) in [5, 5.41) is 21.7. The van der Waals surface area contributed by atoms with Gasteiger partial charge < -0.3 is 0 Å². The van der Waals surface area contributed by atoms with Crippen LogP contribution in [0.15, 0.2) is 48.5 Å². The minimum absolute atomic E-state index is 0.0466. The van der Waals surface area contributed by atoms with E-state index >= 15 is 0 Å². The van der Waals surface area contributed by atoms with Crippen molar-refractivity contribution in [2.24, 2.45) is 0 Å². The largest absolute Gasteiger partial charge is 0.400 e. The summed E-state index contributed by atoms with van der Waals surface area (Å²) in [6.45, 7) is -1.20. The molecule has 0 bridgehead atoms. The van der Waals surface area contributed by atoms with E-state index < -0.39 is 33.5 Å². The summed E-state index contributed by atoms with van der Waals surface area (Å²) in [4.78, 5) is 20.4. The molecule has 0 saturated carbocycles. The van der Waals surface area contributed by atoms with Crippen LogP contribution in [0.2, 0.25) is 0 Å². The molecule has 132 valence electrons. The minimum Gasteiger partial charge on any atom is -0.258 e. The van der Waals surface area contributed by atoms with Crippen LogP contribution in [0.25, 0.3) is 0 Å². The van der Waals surface area contributed by atoms with Gasteiger partial charge in [0.2, 0.25) is 0 Å². The molecule has 0 N–H and O–H groups in total. The summed E-state index contributed by atoms with van der Waals surface area (Å²) in [6, 6.07) is 11.0. The van der Waals surface area contributed by atoms with Crippen LogP contribution >= 0.6 is 0 Å². The standard InChI is InChI=1S/C14H12N2O8S/c17-15(18)13-7-3-1-5-11(13)9-23-25(21,22)24-10-12-6-2-4-8-14(12)16(19)20/h1-8H,9-10H2. The number of para-hydroxylation sites is 2. The van der Waals surface area contributed by atoms with Gasteiger partial charge in [-0.1, -0.05) is 24.3 Å². The molecule has 0 saturated heterocycles. The second kappa shape index (κ2) is 7.79. The number of rotatable bonds is 8. The molecule has 0 radical (unpaired) electrons. The van der Waals surface area contributed by atoms with Crippen molar-refractivity contribution in [1.82, 2.24) is 0 Å². The van der Waals surface area contributed by atoms with Crippen molar-refractivity contribution in [3.05, 3.63) is 79.9 Å². The van der Waals surface area contributed by atoms with Crippen LogP contribution in [0, 0.1) is 20.2 Å². The van der Waals surface area contributed by atoms with Crippen molar-refractivity contribution in [3.8, 4) is 0 Å². The summed E-state index contributed by atoms with van der Waals surface area (Å²) in [5.74, 6) is 0. The monoisotopic (exact) mass is 368 g/mol. The summed E-state index contributed by atoms with van der Waals surface area (Å²) < 4.78 is 32.7. The Morgan fingerprint density at radius 1 is 0.760 bits per heavy atom.